The molecule has 2 rings (SSSR count). The molecule has 0 spiro atoms. The number of nitro groups is 2. The van der Waals surface area contributed by atoms with E-state index in [4.69, 9.17) is 39.2 Å². The minimum atomic E-state index is -4.62. The Labute approximate surface area is 161 Å². The Morgan fingerprint density at radius 3 is 2.00 bits per heavy atom. The zero-order chi connectivity index (χ0) is 19.7. The van der Waals surface area contributed by atoms with Crippen LogP contribution in [0.4, 0.5) is 11.6 Å². The molecule has 0 unspecified atom stereocenters. The maximum Gasteiger partial charge on any atom is 0.433 e. The van der Waals surface area contributed by atoms with Crippen LogP contribution in [0.3, 0.4) is 0 Å². The number of furan rings is 1. The van der Waals surface area contributed by atoms with E-state index in [0.29, 0.717) is 0 Å². The van der Waals surface area contributed by atoms with Crippen LogP contribution in [0.1, 0.15) is 11.3 Å². The molecule has 0 N–H and O–H groups in total. The summed E-state index contributed by atoms with van der Waals surface area (Å²) < 4.78 is 27.1. The fourth-order valence-electron chi connectivity index (χ4n) is 1.81. The van der Waals surface area contributed by atoms with Gasteiger partial charge in [0.15, 0.2) is 5.76 Å². The Balaban J connectivity index is 2.63. The molecule has 0 aliphatic carbocycles. The number of non-ortho nitro benzene ring substituents is 1. The molecule has 0 amide bonds. The standard InChI is InChI=1S/C13H7Cl3N2O7S/c14-13(15,16)26(23,24)11(10-5-6-12(25-10)18(21)22)7-8-1-3-9(4-2-8)17(19)20/h1-7H/b11-7+. The molecular weight excluding hydrogens is 435 g/mol. The summed E-state index contributed by atoms with van der Waals surface area (Å²) in [4.78, 5) is 19.3. The summed E-state index contributed by atoms with van der Waals surface area (Å²) in [5.41, 5.74) is -0.0240. The molecule has 0 fully saturated rings. The van der Waals surface area contributed by atoms with Crippen LogP contribution in [0, 0.1) is 20.2 Å². The summed E-state index contributed by atoms with van der Waals surface area (Å²) in [6.07, 6.45) is 1.02. The van der Waals surface area contributed by atoms with Crippen molar-refractivity contribution in [3.63, 3.8) is 0 Å². The van der Waals surface area contributed by atoms with Gasteiger partial charge in [0, 0.05) is 12.1 Å². The molecule has 13 heteroatoms. The number of rotatable bonds is 5. The van der Waals surface area contributed by atoms with Crippen molar-refractivity contribution in [3.8, 4) is 0 Å². The van der Waals surface area contributed by atoms with Gasteiger partial charge in [-0.05, 0) is 29.8 Å². The first-order valence-electron chi connectivity index (χ1n) is 6.45. The third kappa shape index (κ3) is 4.15. The average molecular weight is 442 g/mol. The topological polar surface area (TPSA) is 134 Å². The van der Waals surface area contributed by atoms with E-state index >= 15 is 0 Å². The maximum atomic E-state index is 12.5. The van der Waals surface area contributed by atoms with Gasteiger partial charge in [-0.1, -0.05) is 34.8 Å². The highest BCUT2D eigenvalue weighted by Gasteiger charge is 2.43. The fourth-order valence-corrected chi connectivity index (χ4v) is 3.47. The molecule has 2 aromatic rings. The van der Waals surface area contributed by atoms with Gasteiger partial charge in [0.25, 0.3) is 8.81 Å². The highest BCUT2D eigenvalue weighted by molar-refractivity contribution is 8.05. The molecule has 0 saturated heterocycles. The highest BCUT2D eigenvalue weighted by Crippen LogP contribution is 2.42. The highest BCUT2D eigenvalue weighted by atomic mass is 35.6. The number of hydrogen-bond acceptors (Lipinski definition) is 7. The number of halogens is 3. The monoisotopic (exact) mass is 440 g/mol. The first kappa shape index (κ1) is 20.2. The molecular formula is C13H7Cl3N2O7S. The van der Waals surface area contributed by atoms with E-state index in [1.54, 1.807) is 0 Å². The van der Waals surface area contributed by atoms with E-state index in [1.165, 1.54) is 12.1 Å². The largest absolute Gasteiger partial charge is 0.433 e. The van der Waals surface area contributed by atoms with Crippen LogP contribution in [-0.4, -0.2) is 21.4 Å². The smallest absolute Gasteiger partial charge is 0.400 e. The lowest BCUT2D eigenvalue weighted by molar-refractivity contribution is -0.402. The molecule has 0 saturated carbocycles. The van der Waals surface area contributed by atoms with Gasteiger partial charge in [0.1, 0.15) is 9.83 Å². The van der Waals surface area contributed by atoms with Crippen molar-refractivity contribution in [3.05, 3.63) is 68.0 Å². The number of nitrogens with zero attached hydrogens (tertiary/aromatic N) is 2. The number of alkyl halides is 3. The summed E-state index contributed by atoms with van der Waals surface area (Å²) in [6.45, 7) is 0. The van der Waals surface area contributed by atoms with Gasteiger partial charge >= 0.3 is 5.88 Å². The van der Waals surface area contributed by atoms with Crippen molar-refractivity contribution in [2.45, 2.75) is 3.12 Å². The summed E-state index contributed by atoms with van der Waals surface area (Å²) in [6, 6.07) is 6.75. The van der Waals surface area contributed by atoms with Gasteiger partial charge in [0.2, 0.25) is 9.84 Å². The van der Waals surface area contributed by atoms with Gasteiger partial charge in [-0.3, -0.25) is 20.2 Å². The second-order valence-corrected chi connectivity index (χ2v) is 9.71. The Morgan fingerprint density at radius 2 is 1.58 bits per heavy atom. The van der Waals surface area contributed by atoms with E-state index in [0.717, 1.165) is 30.3 Å². The molecule has 1 aromatic heterocycles. The van der Waals surface area contributed by atoms with E-state index in [2.05, 4.69) is 0 Å². The van der Waals surface area contributed by atoms with Crippen LogP contribution in [0.25, 0.3) is 11.0 Å². The summed E-state index contributed by atoms with van der Waals surface area (Å²) >= 11 is 16.5. The molecule has 0 radical (unpaired) electrons. The fraction of sp³-hybridized carbons (Fsp3) is 0.0769. The number of hydrogen-bond donors (Lipinski definition) is 0. The predicted octanol–water partition coefficient (Wildman–Crippen LogP) is 4.34. The summed E-state index contributed by atoms with van der Waals surface area (Å²) in [5, 5.41) is 21.4. The van der Waals surface area contributed by atoms with Crippen LogP contribution in [0.2, 0.25) is 0 Å². The van der Waals surface area contributed by atoms with Crippen LogP contribution < -0.4 is 0 Å². The van der Waals surface area contributed by atoms with Crippen LogP contribution in [0.15, 0.2) is 40.8 Å². The lowest BCUT2D eigenvalue weighted by atomic mass is 10.2. The zero-order valence-corrected chi connectivity index (χ0v) is 15.4. The second-order valence-electron chi connectivity index (χ2n) is 4.70. The van der Waals surface area contributed by atoms with Crippen LogP contribution in [-0.2, 0) is 9.84 Å². The third-order valence-electron chi connectivity index (χ3n) is 3.01. The zero-order valence-electron chi connectivity index (χ0n) is 12.3. The van der Waals surface area contributed by atoms with Crippen molar-refractivity contribution in [1.29, 1.82) is 0 Å². The van der Waals surface area contributed by atoms with Crippen molar-refractivity contribution in [1.82, 2.24) is 0 Å². The van der Waals surface area contributed by atoms with E-state index in [9.17, 15) is 28.6 Å². The minimum absolute atomic E-state index is 0.197. The van der Waals surface area contributed by atoms with Crippen LogP contribution >= 0.6 is 34.8 Å². The summed E-state index contributed by atoms with van der Waals surface area (Å²) in [5.74, 6) is -1.14. The minimum Gasteiger partial charge on any atom is -0.400 e. The lowest BCUT2D eigenvalue weighted by Gasteiger charge is -2.14. The van der Waals surface area contributed by atoms with Gasteiger partial charge in [0.05, 0.1) is 11.0 Å². The summed E-state index contributed by atoms with van der Waals surface area (Å²) in [7, 11) is -4.62. The van der Waals surface area contributed by atoms with E-state index in [1.807, 2.05) is 0 Å². The van der Waals surface area contributed by atoms with E-state index in [-0.39, 0.29) is 11.3 Å². The van der Waals surface area contributed by atoms with Crippen LogP contribution in [0.5, 0.6) is 0 Å². The normalized spacial score (nSPS) is 12.8. The third-order valence-corrected chi connectivity index (χ3v) is 6.35. The number of nitro benzene ring substituents is 1. The van der Waals surface area contributed by atoms with Crippen molar-refractivity contribution in [2.24, 2.45) is 0 Å². The molecule has 0 atom stereocenters. The molecule has 1 heterocycles. The Hall–Kier alpha value is -2.14. The number of sulfone groups is 1. The second kappa shape index (κ2) is 7.23. The molecule has 0 aliphatic heterocycles. The molecule has 138 valence electrons. The first-order valence-corrected chi connectivity index (χ1v) is 9.07. The Kier molecular flexibility index (Phi) is 5.61. The van der Waals surface area contributed by atoms with E-state index < -0.39 is 39.4 Å². The quantitative estimate of drug-likeness (QED) is 0.383. The molecule has 0 bridgehead atoms. The van der Waals surface area contributed by atoms with Crippen molar-refractivity contribution in [2.75, 3.05) is 0 Å². The van der Waals surface area contributed by atoms with Gasteiger partial charge < -0.3 is 4.42 Å². The molecule has 0 aliphatic rings. The molecule has 9 nitrogen and oxygen atoms in total. The van der Waals surface area contributed by atoms with Gasteiger partial charge in [-0.25, -0.2) is 8.42 Å². The lowest BCUT2D eigenvalue weighted by Crippen LogP contribution is -2.20. The molecule has 26 heavy (non-hydrogen) atoms. The SMILES string of the molecule is O=[N+]([O-])c1ccc(/C=C(\c2ccc([N+](=O)[O-])o2)S(=O)(=O)C(Cl)(Cl)Cl)cc1. The maximum absolute atomic E-state index is 12.5. The van der Waals surface area contributed by atoms with Crippen molar-refractivity contribution >= 4 is 67.2 Å². The van der Waals surface area contributed by atoms with Crippen molar-refractivity contribution < 1.29 is 22.7 Å². The Morgan fingerprint density at radius 1 is 1.00 bits per heavy atom. The molecule has 1 aromatic carbocycles. The van der Waals surface area contributed by atoms with Gasteiger partial charge in [-0.2, -0.15) is 0 Å². The first-order chi connectivity index (χ1) is 11.9. The Bertz CT molecular complexity index is 991. The predicted molar refractivity (Wildman–Crippen MR) is 95.5 cm³/mol. The number of benzene rings is 1. The average Bonchev–Trinajstić information content (AvgIpc) is 3.01. The van der Waals surface area contributed by atoms with Gasteiger partial charge in [-0.15, -0.1) is 0 Å².